The highest BCUT2D eigenvalue weighted by Gasteiger charge is 2.27. The number of benzene rings is 2. The van der Waals surface area contributed by atoms with Crippen LogP contribution in [-0.4, -0.2) is 19.5 Å². The van der Waals surface area contributed by atoms with E-state index in [4.69, 9.17) is 9.47 Å². The van der Waals surface area contributed by atoms with Crippen molar-refractivity contribution >= 4 is 0 Å². The molecule has 2 heterocycles. The van der Waals surface area contributed by atoms with E-state index in [1.165, 1.54) is 0 Å². The van der Waals surface area contributed by atoms with Crippen LogP contribution >= 0.6 is 0 Å². The van der Waals surface area contributed by atoms with E-state index in [9.17, 15) is 19.2 Å². The first kappa shape index (κ1) is 32.3. The van der Waals surface area contributed by atoms with Crippen molar-refractivity contribution in [1.82, 2.24) is 19.5 Å². The minimum atomic E-state index is -0.571. The van der Waals surface area contributed by atoms with Crippen molar-refractivity contribution in [2.24, 2.45) is 5.92 Å². The molecule has 10 nitrogen and oxygen atoms in total. The van der Waals surface area contributed by atoms with E-state index in [2.05, 4.69) is 21.0 Å². The number of nitrogens with one attached hydrogen (secondary N) is 3. The summed E-state index contributed by atoms with van der Waals surface area (Å²) in [5.41, 5.74) is 3.49. The molecule has 4 aromatic rings. The topological polar surface area (TPSA) is 139 Å². The molecule has 0 unspecified atom stereocenters. The van der Waals surface area contributed by atoms with Crippen LogP contribution in [0.3, 0.4) is 0 Å². The Morgan fingerprint density at radius 1 is 0.682 bits per heavy atom. The molecule has 0 aliphatic heterocycles. The number of H-pyrrole nitrogens is 3. The SMILES string of the molecule is Cc1cc(C)cc(Oc2[nH]c(=O)[nH]c(=O)c2C(C)C)c1.Cc1cc(C)cc(Oc2c(C(C)C)c(=O)[nH]c(=O)n2CC2CC2)c1. The van der Waals surface area contributed by atoms with Gasteiger partial charge in [0.15, 0.2) is 0 Å². The van der Waals surface area contributed by atoms with Crippen molar-refractivity contribution in [2.45, 2.75) is 86.6 Å². The molecule has 0 spiro atoms. The fourth-order valence-electron chi connectivity index (χ4n) is 5.20. The second kappa shape index (κ2) is 13.4. The van der Waals surface area contributed by atoms with Crippen molar-refractivity contribution in [3.05, 3.63) is 111 Å². The Hall–Kier alpha value is -4.60. The maximum atomic E-state index is 12.4. The lowest BCUT2D eigenvalue weighted by Gasteiger charge is -2.18. The summed E-state index contributed by atoms with van der Waals surface area (Å²) in [4.78, 5) is 55.2. The third-order valence-electron chi connectivity index (χ3n) is 7.25. The van der Waals surface area contributed by atoms with Gasteiger partial charge in [0.1, 0.15) is 11.5 Å². The van der Waals surface area contributed by atoms with Crippen molar-refractivity contribution < 1.29 is 9.47 Å². The Labute approximate surface area is 256 Å². The van der Waals surface area contributed by atoms with Crippen LogP contribution in [0.25, 0.3) is 0 Å². The summed E-state index contributed by atoms with van der Waals surface area (Å²) >= 11 is 0. The van der Waals surface area contributed by atoms with Crippen LogP contribution in [0.5, 0.6) is 23.3 Å². The molecule has 0 saturated heterocycles. The molecule has 5 rings (SSSR count). The molecule has 1 fully saturated rings. The maximum Gasteiger partial charge on any atom is 0.331 e. The Kier molecular flexibility index (Phi) is 9.81. The summed E-state index contributed by atoms with van der Waals surface area (Å²) in [6.07, 6.45) is 2.23. The van der Waals surface area contributed by atoms with Crippen molar-refractivity contribution in [3.8, 4) is 23.3 Å². The van der Waals surface area contributed by atoms with Crippen LogP contribution in [-0.2, 0) is 6.54 Å². The van der Waals surface area contributed by atoms with Crippen LogP contribution in [0.15, 0.2) is 55.6 Å². The van der Waals surface area contributed by atoms with Gasteiger partial charge in [-0.15, -0.1) is 0 Å². The van der Waals surface area contributed by atoms with Crippen molar-refractivity contribution in [3.63, 3.8) is 0 Å². The molecule has 2 aromatic heterocycles. The minimum absolute atomic E-state index is 0.0410. The summed E-state index contributed by atoms with van der Waals surface area (Å²) in [5.74, 6) is 2.25. The van der Waals surface area contributed by atoms with Gasteiger partial charge in [-0.3, -0.25) is 29.1 Å². The molecule has 0 bridgehead atoms. The first-order valence-corrected chi connectivity index (χ1v) is 15.0. The van der Waals surface area contributed by atoms with Crippen LogP contribution in [0, 0.1) is 33.6 Å². The number of hydrogen-bond donors (Lipinski definition) is 3. The number of nitrogens with zero attached hydrogens (tertiary/aromatic N) is 1. The van der Waals surface area contributed by atoms with Gasteiger partial charge >= 0.3 is 11.4 Å². The number of aryl methyl sites for hydroxylation is 4. The molecule has 0 radical (unpaired) electrons. The fourth-order valence-corrected chi connectivity index (χ4v) is 5.20. The lowest BCUT2D eigenvalue weighted by Crippen LogP contribution is -2.34. The van der Waals surface area contributed by atoms with Gasteiger partial charge in [0, 0.05) is 6.54 Å². The predicted molar refractivity (Wildman–Crippen MR) is 172 cm³/mol. The quantitative estimate of drug-likeness (QED) is 0.224. The van der Waals surface area contributed by atoms with E-state index in [1.54, 1.807) is 4.57 Å². The van der Waals surface area contributed by atoms with E-state index in [0.717, 1.165) is 35.1 Å². The van der Waals surface area contributed by atoms with E-state index < -0.39 is 16.9 Å². The molecule has 234 valence electrons. The van der Waals surface area contributed by atoms with E-state index in [1.807, 2.05) is 85.7 Å². The summed E-state index contributed by atoms with van der Waals surface area (Å²) in [5, 5.41) is 0. The van der Waals surface area contributed by atoms with E-state index in [-0.39, 0.29) is 23.3 Å². The van der Waals surface area contributed by atoms with Gasteiger partial charge in [-0.05, 0) is 105 Å². The van der Waals surface area contributed by atoms with Crippen LogP contribution < -0.4 is 32.0 Å². The molecule has 3 N–H and O–H groups in total. The standard InChI is InChI=1S/C19H24N2O3.C15H18N2O3/c1-11(2)16-17(22)20-19(23)21(10-14-5-6-14)18(16)24-15-8-12(3)7-13(4)9-15;1-8(2)12-13(18)16-15(19)17-14(12)20-11-6-9(3)5-10(4)7-11/h7-9,11,14H,5-6,10H2,1-4H3,(H,20,22,23);5-8H,1-4H3,(H2,16,17,18,19). The number of aromatic amines is 3. The first-order chi connectivity index (χ1) is 20.7. The smallest absolute Gasteiger partial charge is 0.331 e. The van der Waals surface area contributed by atoms with Crippen LogP contribution in [0.4, 0.5) is 0 Å². The molecule has 44 heavy (non-hydrogen) atoms. The van der Waals surface area contributed by atoms with Crippen LogP contribution in [0.2, 0.25) is 0 Å². The minimum Gasteiger partial charge on any atom is -0.440 e. The molecule has 10 heteroatoms. The summed E-state index contributed by atoms with van der Waals surface area (Å²) in [7, 11) is 0. The zero-order valence-corrected chi connectivity index (χ0v) is 26.7. The van der Waals surface area contributed by atoms with Gasteiger partial charge in [-0.25, -0.2) is 9.59 Å². The number of rotatable bonds is 8. The van der Waals surface area contributed by atoms with E-state index in [0.29, 0.717) is 41.0 Å². The Morgan fingerprint density at radius 3 is 1.64 bits per heavy atom. The molecule has 0 atom stereocenters. The average molecular weight is 603 g/mol. The first-order valence-electron chi connectivity index (χ1n) is 15.0. The summed E-state index contributed by atoms with van der Waals surface area (Å²) in [6.45, 7) is 16.1. The third kappa shape index (κ3) is 8.06. The van der Waals surface area contributed by atoms with Gasteiger partial charge in [-0.2, -0.15) is 0 Å². The van der Waals surface area contributed by atoms with Gasteiger partial charge in [0.05, 0.1) is 11.1 Å². The lowest BCUT2D eigenvalue weighted by atomic mass is 10.1. The van der Waals surface area contributed by atoms with Crippen molar-refractivity contribution in [1.29, 1.82) is 0 Å². The molecule has 1 saturated carbocycles. The Balaban J connectivity index is 0.000000204. The van der Waals surface area contributed by atoms with Crippen molar-refractivity contribution in [2.75, 3.05) is 0 Å². The second-order valence-electron chi connectivity index (χ2n) is 12.3. The third-order valence-corrected chi connectivity index (χ3v) is 7.25. The van der Waals surface area contributed by atoms with Crippen LogP contribution in [0.1, 0.15) is 85.8 Å². The zero-order chi connectivity index (χ0) is 32.3. The van der Waals surface area contributed by atoms with Gasteiger partial charge in [-0.1, -0.05) is 39.8 Å². The molecule has 1 aliphatic carbocycles. The zero-order valence-electron chi connectivity index (χ0n) is 26.7. The average Bonchev–Trinajstić information content (AvgIpc) is 3.69. The summed E-state index contributed by atoms with van der Waals surface area (Å²) in [6, 6.07) is 11.6. The molecular weight excluding hydrogens is 560 g/mol. The largest absolute Gasteiger partial charge is 0.440 e. The molecule has 2 aromatic carbocycles. The monoisotopic (exact) mass is 602 g/mol. The molecule has 1 aliphatic rings. The highest BCUT2D eigenvalue weighted by Crippen LogP contribution is 2.34. The number of aromatic nitrogens is 4. The summed E-state index contributed by atoms with van der Waals surface area (Å²) < 4.78 is 13.4. The highest BCUT2D eigenvalue weighted by atomic mass is 16.5. The Morgan fingerprint density at radius 2 is 1.16 bits per heavy atom. The maximum absolute atomic E-state index is 12.4. The van der Waals surface area contributed by atoms with E-state index >= 15 is 0 Å². The van der Waals surface area contributed by atoms with Gasteiger partial charge in [0.2, 0.25) is 11.8 Å². The number of ether oxygens (including phenoxy) is 2. The van der Waals surface area contributed by atoms with Gasteiger partial charge in [0.25, 0.3) is 11.1 Å². The highest BCUT2D eigenvalue weighted by molar-refractivity contribution is 5.39. The normalized spacial score (nSPS) is 12.7. The number of hydrogen-bond acceptors (Lipinski definition) is 6. The fraction of sp³-hybridized carbons (Fsp3) is 0.412. The van der Waals surface area contributed by atoms with Gasteiger partial charge < -0.3 is 9.47 Å². The predicted octanol–water partition coefficient (Wildman–Crippen LogP) is 6.07. The molecule has 0 amide bonds. The Bertz CT molecular complexity index is 1850. The molecular formula is C34H42N4O6. The second-order valence-corrected chi connectivity index (χ2v) is 12.3. The lowest BCUT2D eigenvalue weighted by molar-refractivity contribution is 0.394.